The summed E-state index contributed by atoms with van der Waals surface area (Å²) < 4.78 is 15.9. The average Bonchev–Trinajstić information content (AvgIpc) is 2.86. The van der Waals surface area contributed by atoms with Gasteiger partial charge in [-0.15, -0.1) is 0 Å². The van der Waals surface area contributed by atoms with Crippen LogP contribution in [0.3, 0.4) is 0 Å². The highest BCUT2D eigenvalue weighted by Crippen LogP contribution is 2.27. The van der Waals surface area contributed by atoms with Gasteiger partial charge < -0.3 is 14.2 Å². The Labute approximate surface area is 191 Å². The normalized spacial score (nSPS) is 10.6. The molecular formula is C27H23NO5. The lowest BCUT2D eigenvalue weighted by atomic mass is 10.0. The maximum absolute atomic E-state index is 13.1. The number of Topliss-reactive ketones (excluding diaryl/α,β-unsaturated/α-hetero) is 1. The molecule has 0 amide bonds. The first kappa shape index (κ1) is 22.0. The van der Waals surface area contributed by atoms with E-state index in [4.69, 9.17) is 19.2 Å². The van der Waals surface area contributed by atoms with Gasteiger partial charge in [-0.1, -0.05) is 48.0 Å². The monoisotopic (exact) mass is 441 g/mol. The molecule has 0 saturated carbocycles. The van der Waals surface area contributed by atoms with Crippen molar-refractivity contribution in [1.82, 2.24) is 4.98 Å². The van der Waals surface area contributed by atoms with Gasteiger partial charge >= 0.3 is 5.97 Å². The molecule has 6 heteroatoms. The lowest BCUT2D eigenvalue weighted by Crippen LogP contribution is -2.15. The first-order valence-corrected chi connectivity index (χ1v) is 10.4. The molecule has 166 valence electrons. The number of benzene rings is 3. The van der Waals surface area contributed by atoms with Gasteiger partial charge in [0.05, 0.1) is 36.6 Å². The number of methoxy groups -OCH3 is 2. The predicted octanol–water partition coefficient (Wildman–Crippen LogP) is 5.27. The zero-order valence-electron chi connectivity index (χ0n) is 18.6. The molecule has 1 aromatic heterocycles. The van der Waals surface area contributed by atoms with Gasteiger partial charge in [-0.2, -0.15) is 0 Å². The highest BCUT2D eigenvalue weighted by atomic mass is 16.5. The van der Waals surface area contributed by atoms with E-state index in [1.54, 1.807) is 24.3 Å². The molecule has 0 radical (unpaired) electrons. The molecule has 0 aliphatic heterocycles. The van der Waals surface area contributed by atoms with E-state index < -0.39 is 18.4 Å². The van der Waals surface area contributed by atoms with Crippen LogP contribution in [0, 0.1) is 6.92 Å². The number of pyridine rings is 1. The summed E-state index contributed by atoms with van der Waals surface area (Å²) in [6.45, 7) is 1.58. The van der Waals surface area contributed by atoms with E-state index in [0.717, 1.165) is 11.1 Å². The lowest BCUT2D eigenvalue weighted by molar-refractivity contribution is 0.0476. The van der Waals surface area contributed by atoms with E-state index >= 15 is 0 Å². The highest BCUT2D eigenvalue weighted by Gasteiger charge is 2.19. The first-order valence-electron chi connectivity index (χ1n) is 10.4. The Balaban J connectivity index is 1.63. The molecule has 3 aromatic carbocycles. The third kappa shape index (κ3) is 4.70. The number of hydrogen-bond acceptors (Lipinski definition) is 6. The number of aryl methyl sites for hydroxylation is 1. The quantitative estimate of drug-likeness (QED) is 0.287. The molecule has 0 aliphatic rings. The number of fused-ring (bicyclic) bond motifs is 1. The fourth-order valence-corrected chi connectivity index (χ4v) is 3.54. The summed E-state index contributed by atoms with van der Waals surface area (Å²) in [5, 5.41) is 0.657. The van der Waals surface area contributed by atoms with E-state index in [1.807, 2.05) is 55.5 Å². The lowest BCUT2D eigenvalue weighted by Gasteiger charge is -2.12. The van der Waals surface area contributed by atoms with Crippen LogP contribution in [-0.4, -0.2) is 37.6 Å². The zero-order chi connectivity index (χ0) is 23.4. The minimum absolute atomic E-state index is 0.282. The van der Waals surface area contributed by atoms with Crippen molar-refractivity contribution in [3.8, 4) is 22.8 Å². The Kier molecular flexibility index (Phi) is 6.36. The van der Waals surface area contributed by atoms with E-state index in [1.165, 1.54) is 14.2 Å². The number of carbonyl (C=O) groups is 2. The molecule has 0 N–H and O–H groups in total. The summed E-state index contributed by atoms with van der Waals surface area (Å²) in [5.74, 6) is -0.102. The van der Waals surface area contributed by atoms with Crippen LogP contribution in [-0.2, 0) is 4.74 Å². The highest BCUT2D eigenvalue weighted by molar-refractivity contribution is 6.06. The molecule has 0 fully saturated rings. The number of carbonyl (C=O) groups excluding carboxylic acids is 2. The molecule has 0 spiro atoms. The SMILES string of the molecule is COc1ccc(OC)c(C(=O)COC(=O)c2cc(-c3ccc(C)cc3)nc3ccccc23)c1. The summed E-state index contributed by atoms with van der Waals surface area (Å²) in [5.41, 5.74) is 3.97. The summed E-state index contributed by atoms with van der Waals surface area (Å²) in [4.78, 5) is 30.5. The molecule has 4 rings (SSSR count). The van der Waals surface area contributed by atoms with Crippen molar-refractivity contribution in [2.75, 3.05) is 20.8 Å². The first-order chi connectivity index (χ1) is 16.0. The molecule has 0 unspecified atom stereocenters. The maximum Gasteiger partial charge on any atom is 0.339 e. The standard InChI is InChI=1S/C27H23NO5/c1-17-8-10-18(11-9-17)24-15-21(20-6-4-5-7-23(20)28-24)27(30)33-16-25(29)22-14-19(31-2)12-13-26(22)32-3/h4-15H,16H2,1-3H3. The van der Waals surface area contributed by atoms with Crippen molar-refractivity contribution in [1.29, 1.82) is 0 Å². The molecule has 1 heterocycles. The Hall–Kier alpha value is -4.19. The molecule has 6 nitrogen and oxygen atoms in total. The Bertz CT molecular complexity index is 1330. The van der Waals surface area contributed by atoms with Gasteiger partial charge in [0.15, 0.2) is 6.61 Å². The van der Waals surface area contributed by atoms with Crippen LogP contribution in [0.1, 0.15) is 26.3 Å². The largest absolute Gasteiger partial charge is 0.497 e. The Morgan fingerprint density at radius 1 is 0.848 bits per heavy atom. The minimum atomic E-state index is -0.600. The molecule has 0 saturated heterocycles. The number of ketones is 1. The Morgan fingerprint density at radius 2 is 1.61 bits per heavy atom. The molecule has 0 atom stereocenters. The molecular weight excluding hydrogens is 418 g/mol. The van der Waals surface area contributed by atoms with E-state index in [0.29, 0.717) is 33.7 Å². The van der Waals surface area contributed by atoms with Crippen molar-refractivity contribution in [3.63, 3.8) is 0 Å². The molecule has 0 aliphatic carbocycles. The second-order valence-corrected chi connectivity index (χ2v) is 7.50. The van der Waals surface area contributed by atoms with Crippen molar-refractivity contribution in [3.05, 3.63) is 89.5 Å². The summed E-state index contributed by atoms with van der Waals surface area (Å²) >= 11 is 0. The molecule has 4 aromatic rings. The Morgan fingerprint density at radius 3 is 2.33 bits per heavy atom. The van der Waals surface area contributed by atoms with Gasteiger partial charge in [0.25, 0.3) is 0 Å². The number of aromatic nitrogens is 1. The van der Waals surface area contributed by atoms with E-state index in [2.05, 4.69) is 0 Å². The predicted molar refractivity (Wildman–Crippen MR) is 126 cm³/mol. The number of para-hydroxylation sites is 1. The molecule has 33 heavy (non-hydrogen) atoms. The number of nitrogens with zero attached hydrogens (tertiary/aromatic N) is 1. The smallest absolute Gasteiger partial charge is 0.339 e. The second kappa shape index (κ2) is 9.53. The van der Waals surface area contributed by atoms with Crippen molar-refractivity contribution in [2.45, 2.75) is 6.92 Å². The fraction of sp³-hybridized carbons (Fsp3) is 0.148. The van der Waals surface area contributed by atoms with Gasteiger partial charge in [0.1, 0.15) is 11.5 Å². The van der Waals surface area contributed by atoms with Crippen molar-refractivity contribution >= 4 is 22.7 Å². The van der Waals surface area contributed by atoms with Crippen LogP contribution in [0.4, 0.5) is 0 Å². The number of esters is 1. The fourth-order valence-electron chi connectivity index (χ4n) is 3.54. The second-order valence-electron chi connectivity index (χ2n) is 7.50. The maximum atomic E-state index is 13.1. The van der Waals surface area contributed by atoms with Crippen LogP contribution < -0.4 is 9.47 Å². The third-order valence-electron chi connectivity index (χ3n) is 5.32. The van der Waals surface area contributed by atoms with Gasteiger partial charge in [-0.3, -0.25) is 4.79 Å². The third-order valence-corrected chi connectivity index (χ3v) is 5.32. The van der Waals surface area contributed by atoms with E-state index in [9.17, 15) is 9.59 Å². The van der Waals surface area contributed by atoms with Crippen LogP contribution >= 0.6 is 0 Å². The zero-order valence-corrected chi connectivity index (χ0v) is 18.6. The van der Waals surface area contributed by atoms with Crippen LogP contribution in [0.25, 0.3) is 22.2 Å². The number of rotatable bonds is 7. The summed E-state index contributed by atoms with van der Waals surface area (Å²) in [6, 6.07) is 21.8. The summed E-state index contributed by atoms with van der Waals surface area (Å²) in [6.07, 6.45) is 0. The van der Waals surface area contributed by atoms with Crippen LogP contribution in [0.15, 0.2) is 72.8 Å². The van der Waals surface area contributed by atoms with Crippen molar-refractivity contribution < 1.29 is 23.8 Å². The minimum Gasteiger partial charge on any atom is -0.497 e. The van der Waals surface area contributed by atoms with E-state index in [-0.39, 0.29) is 5.56 Å². The molecule has 0 bridgehead atoms. The van der Waals surface area contributed by atoms with Crippen LogP contribution in [0.2, 0.25) is 0 Å². The van der Waals surface area contributed by atoms with Gasteiger partial charge in [0.2, 0.25) is 5.78 Å². The summed E-state index contributed by atoms with van der Waals surface area (Å²) in [7, 11) is 2.98. The number of hydrogen-bond donors (Lipinski definition) is 0. The van der Waals surface area contributed by atoms with Crippen molar-refractivity contribution in [2.24, 2.45) is 0 Å². The van der Waals surface area contributed by atoms with Gasteiger partial charge in [-0.25, -0.2) is 9.78 Å². The topological polar surface area (TPSA) is 74.7 Å². The number of ether oxygens (including phenoxy) is 3. The van der Waals surface area contributed by atoms with Crippen LogP contribution in [0.5, 0.6) is 11.5 Å². The average molecular weight is 441 g/mol. The van der Waals surface area contributed by atoms with Gasteiger partial charge in [0, 0.05) is 10.9 Å². The van der Waals surface area contributed by atoms with Gasteiger partial charge in [-0.05, 0) is 37.3 Å².